The Balaban J connectivity index is 2.33. The van der Waals surface area contributed by atoms with Crippen molar-refractivity contribution in [2.45, 2.75) is 37.4 Å². The molecule has 1 rings (SSSR count). The van der Waals surface area contributed by atoms with E-state index < -0.39 is 18.0 Å². The van der Waals surface area contributed by atoms with Crippen LogP contribution in [0.25, 0.3) is 0 Å². The Morgan fingerprint density at radius 1 is 1.29 bits per heavy atom. The minimum absolute atomic E-state index is 0.0785. The number of alkyl halides is 5. The summed E-state index contributed by atoms with van der Waals surface area (Å²) in [4.78, 5) is 10.7. The summed E-state index contributed by atoms with van der Waals surface area (Å²) in [7, 11) is 0. The second kappa shape index (κ2) is 5.16. The van der Waals surface area contributed by atoms with Crippen molar-refractivity contribution in [3.05, 3.63) is 0 Å². The van der Waals surface area contributed by atoms with E-state index in [2.05, 4.69) is 5.32 Å². The fourth-order valence-electron chi connectivity index (χ4n) is 1.60. The van der Waals surface area contributed by atoms with Gasteiger partial charge in [0.2, 0.25) is 0 Å². The van der Waals surface area contributed by atoms with Crippen molar-refractivity contribution in [2.75, 3.05) is 13.1 Å². The molecule has 1 fully saturated rings. The number of amides is 1. The van der Waals surface area contributed by atoms with Crippen LogP contribution in [0.5, 0.6) is 0 Å². The molecule has 0 aliphatic carbocycles. The monoisotopic (exact) mass is 260 g/mol. The van der Waals surface area contributed by atoms with Gasteiger partial charge in [0.25, 0.3) is 5.91 Å². The maximum atomic E-state index is 12.5. The van der Waals surface area contributed by atoms with Gasteiger partial charge in [-0.1, -0.05) is 0 Å². The molecule has 0 aromatic carbocycles. The number of carbonyl (C=O) groups excluding carboxylic acids is 1. The van der Waals surface area contributed by atoms with Crippen molar-refractivity contribution >= 4 is 5.91 Å². The highest BCUT2D eigenvalue weighted by molar-refractivity contribution is 5.84. The molecule has 0 aromatic rings. The minimum atomic E-state index is -5.84. The normalized spacial score (nSPS) is 21.6. The van der Waals surface area contributed by atoms with Crippen LogP contribution in [0.4, 0.5) is 22.0 Å². The minimum Gasteiger partial charge on any atom is -0.350 e. The van der Waals surface area contributed by atoms with Crippen molar-refractivity contribution < 1.29 is 26.7 Å². The van der Waals surface area contributed by atoms with Gasteiger partial charge in [-0.15, -0.1) is 0 Å². The van der Waals surface area contributed by atoms with E-state index in [1.165, 1.54) is 0 Å². The Labute approximate surface area is 94.7 Å². The summed E-state index contributed by atoms with van der Waals surface area (Å²) >= 11 is 0. The van der Waals surface area contributed by atoms with Gasteiger partial charge in [0.1, 0.15) is 0 Å². The Bertz CT molecular complexity index is 273. The molecule has 3 nitrogen and oxygen atoms in total. The van der Waals surface area contributed by atoms with Crippen LogP contribution in [-0.2, 0) is 4.79 Å². The topological polar surface area (TPSA) is 41.1 Å². The van der Waals surface area contributed by atoms with Gasteiger partial charge in [-0.25, -0.2) is 0 Å². The number of nitrogens with one attached hydrogen (secondary N) is 2. The van der Waals surface area contributed by atoms with Crippen LogP contribution in [-0.4, -0.2) is 37.1 Å². The van der Waals surface area contributed by atoms with E-state index in [1.807, 2.05) is 0 Å². The van der Waals surface area contributed by atoms with Crippen molar-refractivity contribution in [3.8, 4) is 0 Å². The summed E-state index contributed by atoms with van der Waals surface area (Å²) in [5, 5.41) is 4.65. The molecule has 0 radical (unpaired) electrons. The third-order valence-electron chi connectivity index (χ3n) is 2.58. The lowest BCUT2D eigenvalue weighted by Crippen LogP contribution is -2.50. The highest BCUT2D eigenvalue weighted by Crippen LogP contribution is 2.35. The summed E-state index contributed by atoms with van der Waals surface area (Å²) in [6, 6.07) is 0.0785. The van der Waals surface area contributed by atoms with Crippen LogP contribution in [0.1, 0.15) is 19.3 Å². The fraction of sp³-hybridized carbons (Fsp3) is 0.889. The zero-order chi connectivity index (χ0) is 13.1. The SMILES string of the molecule is O=C(NCCC1CCCN1)C(F)(F)C(F)(F)F. The average Bonchev–Trinajstić information content (AvgIpc) is 2.68. The highest BCUT2D eigenvalue weighted by atomic mass is 19.4. The molecule has 1 aliphatic rings. The number of rotatable bonds is 4. The fourth-order valence-corrected chi connectivity index (χ4v) is 1.60. The standard InChI is InChI=1S/C9H13F5N2O/c10-8(11,9(12,13)14)7(17)16-5-3-6-2-1-4-15-6/h6,15H,1-5H2,(H,16,17). The third kappa shape index (κ3) is 3.52. The largest absolute Gasteiger partial charge is 0.463 e. The van der Waals surface area contributed by atoms with Gasteiger partial charge in [-0.3, -0.25) is 4.79 Å². The summed E-state index contributed by atoms with van der Waals surface area (Å²) < 4.78 is 60.3. The predicted molar refractivity (Wildman–Crippen MR) is 49.7 cm³/mol. The molecule has 2 N–H and O–H groups in total. The number of carbonyl (C=O) groups is 1. The Hall–Kier alpha value is -0.920. The molecule has 100 valence electrons. The number of halogens is 5. The molecule has 0 spiro atoms. The van der Waals surface area contributed by atoms with Crippen molar-refractivity contribution in [3.63, 3.8) is 0 Å². The van der Waals surface area contributed by atoms with E-state index >= 15 is 0 Å². The van der Waals surface area contributed by atoms with Gasteiger partial charge in [0.05, 0.1) is 0 Å². The van der Waals surface area contributed by atoms with Crippen LogP contribution < -0.4 is 10.6 Å². The summed E-state index contributed by atoms with van der Waals surface area (Å²) in [6.07, 6.45) is -3.72. The maximum absolute atomic E-state index is 12.5. The van der Waals surface area contributed by atoms with Gasteiger partial charge in [-0.2, -0.15) is 22.0 Å². The second-order valence-corrected chi connectivity index (χ2v) is 3.91. The Morgan fingerprint density at radius 3 is 2.41 bits per heavy atom. The van der Waals surface area contributed by atoms with E-state index in [1.54, 1.807) is 5.32 Å². The van der Waals surface area contributed by atoms with Gasteiger partial charge in [-0.05, 0) is 25.8 Å². The summed E-state index contributed by atoms with van der Waals surface area (Å²) in [5.41, 5.74) is 0. The lowest BCUT2D eigenvalue weighted by Gasteiger charge is -2.19. The molecule has 1 heterocycles. The summed E-state index contributed by atoms with van der Waals surface area (Å²) in [6.45, 7) is 0.611. The van der Waals surface area contributed by atoms with E-state index in [0.29, 0.717) is 6.42 Å². The van der Waals surface area contributed by atoms with Crippen LogP contribution in [0.15, 0.2) is 0 Å². The molecule has 0 saturated carbocycles. The number of hydrogen-bond acceptors (Lipinski definition) is 2. The first-order valence-corrected chi connectivity index (χ1v) is 5.21. The van der Waals surface area contributed by atoms with E-state index in [-0.39, 0.29) is 12.6 Å². The quantitative estimate of drug-likeness (QED) is 0.751. The van der Waals surface area contributed by atoms with Crippen molar-refractivity contribution in [1.29, 1.82) is 0 Å². The molecule has 1 saturated heterocycles. The number of hydrogen-bond donors (Lipinski definition) is 2. The first kappa shape index (κ1) is 14.1. The van der Waals surface area contributed by atoms with E-state index in [9.17, 15) is 26.7 Å². The lowest BCUT2D eigenvalue weighted by molar-refractivity contribution is -0.269. The van der Waals surface area contributed by atoms with Crippen molar-refractivity contribution in [2.24, 2.45) is 0 Å². The first-order valence-electron chi connectivity index (χ1n) is 5.21. The smallest absolute Gasteiger partial charge is 0.350 e. The predicted octanol–water partition coefficient (Wildman–Crippen LogP) is 1.44. The third-order valence-corrected chi connectivity index (χ3v) is 2.58. The van der Waals surface area contributed by atoms with Crippen LogP contribution >= 0.6 is 0 Å². The van der Waals surface area contributed by atoms with E-state index in [0.717, 1.165) is 19.4 Å². The summed E-state index contributed by atoms with van der Waals surface area (Å²) in [5.74, 6) is -7.61. The Kier molecular flexibility index (Phi) is 4.29. The first-order chi connectivity index (χ1) is 7.75. The molecule has 17 heavy (non-hydrogen) atoms. The Morgan fingerprint density at radius 2 is 1.94 bits per heavy atom. The van der Waals surface area contributed by atoms with Crippen LogP contribution in [0.2, 0.25) is 0 Å². The molecule has 0 bridgehead atoms. The molecular formula is C9H13F5N2O. The molecule has 1 unspecified atom stereocenters. The molecule has 8 heteroatoms. The zero-order valence-corrected chi connectivity index (χ0v) is 8.91. The molecule has 0 aromatic heterocycles. The molecular weight excluding hydrogens is 247 g/mol. The van der Waals surface area contributed by atoms with Gasteiger partial charge >= 0.3 is 12.1 Å². The lowest BCUT2D eigenvalue weighted by atomic mass is 10.1. The average molecular weight is 260 g/mol. The highest BCUT2D eigenvalue weighted by Gasteiger charge is 2.63. The second-order valence-electron chi connectivity index (χ2n) is 3.91. The van der Waals surface area contributed by atoms with Gasteiger partial charge in [0.15, 0.2) is 0 Å². The van der Waals surface area contributed by atoms with Gasteiger partial charge < -0.3 is 10.6 Å². The molecule has 1 aliphatic heterocycles. The maximum Gasteiger partial charge on any atom is 0.463 e. The van der Waals surface area contributed by atoms with Crippen LogP contribution in [0, 0.1) is 0 Å². The van der Waals surface area contributed by atoms with Crippen molar-refractivity contribution in [1.82, 2.24) is 10.6 Å². The van der Waals surface area contributed by atoms with Gasteiger partial charge in [0, 0.05) is 12.6 Å². The molecule has 1 atom stereocenters. The van der Waals surface area contributed by atoms with Crippen LogP contribution in [0.3, 0.4) is 0 Å². The van der Waals surface area contributed by atoms with E-state index in [4.69, 9.17) is 0 Å². The zero-order valence-electron chi connectivity index (χ0n) is 8.91. The molecule has 1 amide bonds.